The molecule has 0 spiro atoms. The summed E-state index contributed by atoms with van der Waals surface area (Å²) in [6.45, 7) is 8.47. The summed E-state index contributed by atoms with van der Waals surface area (Å²) in [5.41, 5.74) is 2.24. The van der Waals surface area contributed by atoms with E-state index in [4.69, 9.17) is 14.5 Å². The van der Waals surface area contributed by atoms with Gasteiger partial charge in [-0.25, -0.2) is 4.99 Å². The molecule has 0 amide bonds. The normalized spacial score (nSPS) is 16.5. The van der Waals surface area contributed by atoms with E-state index in [1.54, 1.807) is 0 Å². The molecule has 7 nitrogen and oxygen atoms in total. The summed E-state index contributed by atoms with van der Waals surface area (Å²) in [4.78, 5) is 15.9. The van der Waals surface area contributed by atoms with E-state index in [9.17, 15) is 4.79 Å². The Kier molecular flexibility index (Phi) is 10.3. The third kappa shape index (κ3) is 8.73. The summed E-state index contributed by atoms with van der Waals surface area (Å²) >= 11 is 0. The van der Waals surface area contributed by atoms with Crippen LogP contribution in [0.4, 0.5) is 0 Å². The fourth-order valence-corrected chi connectivity index (χ4v) is 3.06. The van der Waals surface area contributed by atoms with Gasteiger partial charge >= 0.3 is 5.97 Å². The van der Waals surface area contributed by atoms with Crippen molar-refractivity contribution in [2.24, 2.45) is 10.9 Å². The number of benzene rings is 1. The second-order valence-electron chi connectivity index (χ2n) is 7.31. The van der Waals surface area contributed by atoms with E-state index in [0.29, 0.717) is 25.5 Å². The maximum Gasteiger partial charge on any atom is 0.305 e. The third-order valence-corrected chi connectivity index (χ3v) is 4.80. The fourth-order valence-electron chi connectivity index (χ4n) is 3.06. The minimum absolute atomic E-state index is 0.165. The van der Waals surface area contributed by atoms with Crippen LogP contribution < -0.4 is 15.4 Å². The molecule has 162 valence electrons. The maximum atomic E-state index is 11.2. The second-order valence-corrected chi connectivity index (χ2v) is 7.31. The lowest BCUT2D eigenvalue weighted by Gasteiger charge is -2.15. The van der Waals surface area contributed by atoms with Crippen LogP contribution in [0.1, 0.15) is 43.7 Å². The van der Waals surface area contributed by atoms with Crippen molar-refractivity contribution < 1.29 is 19.0 Å². The first-order chi connectivity index (χ1) is 14.1. The molecular weight excluding hydrogens is 370 g/mol. The topological polar surface area (TPSA) is 81.2 Å². The van der Waals surface area contributed by atoms with Gasteiger partial charge < -0.3 is 24.8 Å². The molecule has 2 rings (SSSR count). The van der Waals surface area contributed by atoms with Crippen LogP contribution in [0.3, 0.4) is 0 Å². The van der Waals surface area contributed by atoms with Crippen molar-refractivity contribution in [1.29, 1.82) is 0 Å². The molecule has 1 aromatic rings. The van der Waals surface area contributed by atoms with Gasteiger partial charge in [0.1, 0.15) is 5.75 Å². The van der Waals surface area contributed by atoms with Gasteiger partial charge in [0, 0.05) is 37.6 Å². The monoisotopic (exact) mass is 405 g/mol. The van der Waals surface area contributed by atoms with Crippen molar-refractivity contribution >= 4 is 11.9 Å². The third-order valence-electron chi connectivity index (χ3n) is 4.80. The number of aryl methyl sites for hydroxylation is 1. The Morgan fingerprint density at radius 3 is 2.90 bits per heavy atom. The lowest BCUT2D eigenvalue weighted by Crippen LogP contribution is -2.37. The number of nitrogens with zero attached hydrogens (tertiary/aromatic N) is 1. The van der Waals surface area contributed by atoms with Gasteiger partial charge in [-0.05, 0) is 44.7 Å². The fraction of sp³-hybridized carbons (Fsp3) is 0.636. The van der Waals surface area contributed by atoms with E-state index in [0.717, 1.165) is 62.8 Å². The van der Waals surface area contributed by atoms with Crippen LogP contribution in [0.15, 0.2) is 23.2 Å². The van der Waals surface area contributed by atoms with Crippen molar-refractivity contribution in [2.75, 3.05) is 40.0 Å². The highest BCUT2D eigenvalue weighted by atomic mass is 16.5. The number of carbonyl (C=O) groups is 1. The lowest BCUT2D eigenvalue weighted by molar-refractivity contribution is -0.140. The van der Waals surface area contributed by atoms with Gasteiger partial charge in [-0.3, -0.25) is 4.79 Å². The van der Waals surface area contributed by atoms with E-state index in [-0.39, 0.29) is 5.97 Å². The number of rotatable bonds is 11. The number of ether oxygens (including phenoxy) is 3. The van der Waals surface area contributed by atoms with Crippen LogP contribution in [0, 0.1) is 12.8 Å². The quantitative estimate of drug-likeness (QED) is 0.255. The van der Waals surface area contributed by atoms with Gasteiger partial charge in [-0.2, -0.15) is 0 Å². The largest absolute Gasteiger partial charge is 0.493 e. The van der Waals surface area contributed by atoms with Gasteiger partial charge in [0.05, 0.1) is 26.9 Å². The number of aliphatic imine (C=N–C) groups is 1. The molecule has 1 aliphatic heterocycles. The van der Waals surface area contributed by atoms with E-state index >= 15 is 0 Å². The van der Waals surface area contributed by atoms with Crippen molar-refractivity contribution in [2.45, 2.75) is 46.1 Å². The summed E-state index contributed by atoms with van der Waals surface area (Å²) in [6, 6.07) is 6.25. The van der Waals surface area contributed by atoms with Crippen LogP contribution in [0.5, 0.6) is 5.75 Å². The number of carbonyl (C=O) groups excluding carboxylic acids is 1. The molecule has 1 unspecified atom stereocenters. The number of esters is 1. The first-order valence-corrected chi connectivity index (χ1v) is 10.5. The molecule has 1 atom stereocenters. The van der Waals surface area contributed by atoms with Crippen molar-refractivity contribution in [3.05, 3.63) is 29.3 Å². The molecule has 7 heteroatoms. The van der Waals surface area contributed by atoms with Gasteiger partial charge in [-0.15, -0.1) is 0 Å². The number of nitrogens with one attached hydrogen (secondary N) is 2. The average molecular weight is 406 g/mol. The molecule has 0 radical (unpaired) electrons. The summed E-state index contributed by atoms with van der Waals surface area (Å²) in [6.07, 6.45) is 3.17. The Morgan fingerprint density at radius 2 is 2.17 bits per heavy atom. The molecule has 0 aromatic heterocycles. The molecule has 0 bridgehead atoms. The van der Waals surface area contributed by atoms with Crippen LogP contribution in [0.2, 0.25) is 0 Å². The molecule has 1 fully saturated rings. The highest BCUT2D eigenvalue weighted by Gasteiger charge is 2.17. The lowest BCUT2D eigenvalue weighted by atomic mass is 10.1. The van der Waals surface area contributed by atoms with Crippen molar-refractivity contribution in [3.8, 4) is 5.75 Å². The molecule has 2 N–H and O–H groups in total. The Labute approximate surface area is 174 Å². The average Bonchev–Trinajstić information content (AvgIpc) is 3.24. The van der Waals surface area contributed by atoms with Crippen LogP contribution >= 0.6 is 0 Å². The number of guanidine groups is 1. The SMILES string of the molecule is CCNC(=NCc1ccc(C)cc1OCC1CCOC1)NCCCCC(=O)OC. The standard InChI is InChI=1S/C22H35N3O4/c1-4-23-22(24-11-6-5-7-21(26)27-3)25-14-19-9-8-17(2)13-20(19)29-16-18-10-12-28-15-18/h8-9,13,18H,4-7,10-12,14-16H2,1-3H3,(H2,23,24,25). The van der Waals surface area contributed by atoms with Crippen LogP contribution in [0.25, 0.3) is 0 Å². The van der Waals surface area contributed by atoms with Crippen molar-refractivity contribution in [3.63, 3.8) is 0 Å². The predicted octanol–water partition coefficient (Wildman–Crippen LogP) is 2.81. The molecule has 1 heterocycles. The summed E-state index contributed by atoms with van der Waals surface area (Å²) in [5, 5.41) is 6.58. The number of hydrogen-bond acceptors (Lipinski definition) is 5. The summed E-state index contributed by atoms with van der Waals surface area (Å²) in [7, 11) is 1.42. The van der Waals surface area contributed by atoms with E-state index in [1.807, 2.05) is 6.92 Å². The molecule has 1 aliphatic rings. The Bertz CT molecular complexity index is 657. The maximum absolute atomic E-state index is 11.2. The molecule has 0 aliphatic carbocycles. The van der Waals surface area contributed by atoms with Crippen molar-refractivity contribution in [1.82, 2.24) is 10.6 Å². The minimum atomic E-state index is -0.165. The Morgan fingerprint density at radius 1 is 1.31 bits per heavy atom. The van der Waals surface area contributed by atoms with Gasteiger partial charge in [-0.1, -0.05) is 12.1 Å². The highest BCUT2D eigenvalue weighted by molar-refractivity contribution is 5.79. The number of unbranched alkanes of at least 4 members (excludes halogenated alkanes) is 1. The predicted molar refractivity (Wildman–Crippen MR) is 114 cm³/mol. The summed E-state index contributed by atoms with van der Waals surface area (Å²) < 4.78 is 16.2. The number of methoxy groups -OCH3 is 1. The van der Waals surface area contributed by atoms with Gasteiger partial charge in [0.15, 0.2) is 5.96 Å². The number of hydrogen-bond donors (Lipinski definition) is 2. The zero-order valence-corrected chi connectivity index (χ0v) is 18.0. The first-order valence-electron chi connectivity index (χ1n) is 10.5. The molecule has 0 saturated carbocycles. The van der Waals surface area contributed by atoms with E-state index in [1.165, 1.54) is 12.7 Å². The second kappa shape index (κ2) is 13.0. The smallest absolute Gasteiger partial charge is 0.305 e. The van der Waals surface area contributed by atoms with Gasteiger partial charge in [0.2, 0.25) is 0 Å². The molecule has 1 aromatic carbocycles. The first kappa shape index (κ1) is 23.0. The van der Waals surface area contributed by atoms with Crippen LogP contribution in [-0.4, -0.2) is 51.9 Å². The highest BCUT2D eigenvalue weighted by Crippen LogP contribution is 2.23. The zero-order valence-electron chi connectivity index (χ0n) is 18.0. The molecular formula is C22H35N3O4. The van der Waals surface area contributed by atoms with Crippen LogP contribution in [-0.2, 0) is 20.8 Å². The van der Waals surface area contributed by atoms with E-state index < -0.39 is 0 Å². The van der Waals surface area contributed by atoms with E-state index in [2.05, 4.69) is 40.5 Å². The Hall–Kier alpha value is -2.28. The minimum Gasteiger partial charge on any atom is -0.493 e. The van der Waals surface area contributed by atoms with Gasteiger partial charge in [0.25, 0.3) is 0 Å². The Balaban J connectivity index is 1.88. The molecule has 29 heavy (non-hydrogen) atoms. The molecule has 1 saturated heterocycles. The zero-order chi connectivity index (χ0) is 20.9. The summed E-state index contributed by atoms with van der Waals surface area (Å²) in [5.74, 6) is 1.97.